The first kappa shape index (κ1) is 21.4. The van der Waals surface area contributed by atoms with Gasteiger partial charge in [-0.3, -0.25) is 19.3 Å². The fourth-order valence-electron chi connectivity index (χ4n) is 4.28. The number of aryl methyl sites for hydroxylation is 1. The average molecular weight is 460 g/mol. The van der Waals surface area contributed by atoms with Gasteiger partial charge in [-0.15, -0.1) is 0 Å². The van der Waals surface area contributed by atoms with Crippen LogP contribution >= 0.6 is 0 Å². The van der Waals surface area contributed by atoms with Crippen molar-refractivity contribution in [2.24, 2.45) is 5.92 Å². The fraction of sp³-hybridized carbons (Fsp3) is 0.200. The van der Waals surface area contributed by atoms with Crippen LogP contribution in [0.25, 0.3) is 11.0 Å². The lowest BCUT2D eigenvalue weighted by molar-refractivity contribution is -0.135. The fourth-order valence-corrected chi connectivity index (χ4v) is 4.28. The molecule has 2 atom stereocenters. The highest BCUT2D eigenvalue weighted by atomic mass is 16.5. The van der Waals surface area contributed by atoms with Crippen LogP contribution in [0.1, 0.15) is 27.9 Å². The number of amides is 1. The van der Waals surface area contributed by atoms with E-state index in [0.717, 1.165) is 0 Å². The van der Waals surface area contributed by atoms with Gasteiger partial charge in [0.05, 0.1) is 20.3 Å². The second kappa shape index (κ2) is 8.18. The summed E-state index contributed by atoms with van der Waals surface area (Å²) in [6.07, 6.45) is 0. The Bertz CT molecular complexity index is 1400. The number of ether oxygens (including phenoxy) is 2. The number of hydrogen-bond donors (Lipinski definition) is 0. The number of rotatable bonds is 6. The predicted octanol–water partition coefficient (Wildman–Crippen LogP) is 3.90. The van der Waals surface area contributed by atoms with Gasteiger partial charge in [-0.2, -0.15) is 0 Å². The number of benzene rings is 2. The number of carbonyl (C=O) groups excluding carboxylic acids is 3. The van der Waals surface area contributed by atoms with Crippen molar-refractivity contribution in [2.45, 2.75) is 13.0 Å². The van der Waals surface area contributed by atoms with Gasteiger partial charge in [0.2, 0.25) is 11.6 Å². The molecule has 0 spiro atoms. The molecule has 2 unspecified atom stereocenters. The SMILES string of the molecule is COc1ccc(C2C(C(=O)c3cc4ccccc4o3)C(=O)C(=O)N2c2cc(C)on2)cc1OC. The Morgan fingerprint density at radius 2 is 1.76 bits per heavy atom. The third-order valence-corrected chi connectivity index (χ3v) is 5.87. The first-order chi connectivity index (χ1) is 16.4. The molecule has 2 aromatic heterocycles. The lowest BCUT2D eigenvalue weighted by Gasteiger charge is -2.25. The number of anilines is 1. The average Bonchev–Trinajstić information content (AvgIpc) is 3.54. The minimum atomic E-state index is -1.36. The highest BCUT2D eigenvalue weighted by Gasteiger charge is 2.54. The van der Waals surface area contributed by atoms with Gasteiger partial charge in [-0.05, 0) is 36.8 Å². The molecular formula is C25H20N2O7. The summed E-state index contributed by atoms with van der Waals surface area (Å²) in [4.78, 5) is 41.2. The maximum atomic E-state index is 13.6. The van der Waals surface area contributed by atoms with E-state index < -0.39 is 29.4 Å². The molecule has 3 heterocycles. The van der Waals surface area contributed by atoms with Crippen LogP contribution in [0.3, 0.4) is 0 Å². The Kier molecular flexibility index (Phi) is 5.16. The first-order valence-electron chi connectivity index (χ1n) is 10.5. The van der Waals surface area contributed by atoms with Crippen molar-refractivity contribution in [2.75, 3.05) is 19.1 Å². The topological polar surface area (TPSA) is 112 Å². The molecule has 1 aliphatic rings. The molecule has 0 bridgehead atoms. The molecule has 1 amide bonds. The van der Waals surface area contributed by atoms with Gasteiger partial charge in [0.25, 0.3) is 5.91 Å². The quantitative estimate of drug-likeness (QED) is 0.242. The number of methoxy groups -OCH3 is 2. The van der Waals surface area contributed by atoms with Gasteiger partial charge in [0.15, 0.2) is 23.1 Å². The van der Waals surface area contributed by atoms with Crippen molar-refractivity contribution in [1.82, 2.24) is 5.16 Å². The largest absolute Gasteiger partial charge is 0.493 e. The Morgan fingerprint density at radius 3 is 2.44 bits per heavy atom. The summed E-state index contributed by atoms with van der Waals surface area (Å²) in [7, 11) is 2.97. The van der Waals surface area contributed by atoms with Crippen molar-refractivity contribution in [3.8, 4) is 11.5 Å². The summed E-state index contributed by atoms with van der Waals surface area (Å²) < 4.78 is 21.6. The highest BCUT2D eigenvalue weighted by molar-refractivity contribution is 6.48. The molecule has 1 saturated heterocycles. The van der Waals surface area contributed by atoms with E-state index in [9.17, 15) is 14.4 Å². The standard InChI is InChI=1S/C25H20N2O7/c1-13-10-20(26-34-13)27-22(15-8-9-17(31-2)18(12-15)32-3)21(24(29)25(27)30)23(28)19-11-14-6-4-5-7-16(14)33-19/h4-12,21-22H,1-3H3. The van der Waals surface area contributed by atoms with Gasteiger partial charge in [-0.25, -0.2) is 0 Å². The molecule has 0 saturated carbocycles. The van der Waals surface area contributed by atoms with Crippen molar-refractivity contribution in [3.05, 3.63) is 71.7 Å². The predicted molar refractivity (Wildman–Crippen MR) is 120 cm³/mol. The molecule has 172 valence electrons. The number of Topliss-reactive ketones (excluding diaryl/α,β-unsaturated/α-hetero) is 2. The monoisotopic (exact) mass is 460 g/mol. The van der Waals surface area contributed by atoms with Crippen LogP contribution in [0.5, 0.6) is 11.5 Å². The Labute approximate surface area is 193 Å². The molecule has 4 aromatic rings. The van der Waals surface area contributed by atoms with Gasteiger partial charge in [-0.1, -0.05) is 29.4 Å². The highest BCUT2D eigenvalue weighted by Crippen LogP contribution is 2.43. The zero-order chi connectivity index (χ0) is 24.0. The number of aromatic nitrogens is 1. The Morgan fingerprint density at radius 1 is 1.00 bits per heavy atom. The summed E-state index contributed by atoms with van der Waals surface area (Å²) in [5.74, 6) is -2.24. The lowest BCUT2D eigenvalue weighted by atomic mass is 9.88. The Hall–Kier alpha value is -4.40. The number of ketones is 2. The minimum Gasteiger partial charge on any atom is -0.493 e. The lowest BCUT2D eigenvalue weighted by Crippen LogP contribution is -2.30. The van der Waals surface area contributed by atoms with Crippen molar-refractivity contribution in [1.29, 1.82) is 0 Å². The molecule has 5 rings (SSSR count). The third-order valence-electron chi connectivity index (χ3n) is 5.87. The van der Waals surface area contributed by atoms with Crippen LogP contribution in [0.4, 0.5) is 5.82 Å². The molecule has 1 fully saturated rings. The number of nitrogens with zero attached hydrogens (tertiary/aromatic N) is 2. The molecule has 34 heavy (non-hydrogen) atoms. The van der Waals surface area contributed by atoms with Crippen LogP contribution in [-0.4, -0.2) is 36.8 Å². The van der Waals surface area contributed by atoms with Crippen LogP contribution < -0.4 is 14.4 Å². The molecule has 2 aromatic carbocycles. The van der Waals surface area contributed by atoms with Gasteiger partial charge >= 0.3 is 0 Å². The third kappa shape index (κ3) is 3.33. The molecule has 9 heteroatoms. The summed E-state index contributed by atoms with van der Waals surface area (Å²) >= 11 is 0. The summed E-state index contributed by atoms with van der Waals surface area (Å²) in [5.41, 5.74) is 1.00. The van der Waals surface area contributed by atoms with Crippen molar-refractivity contribution < 1.29 is 32.8 Å². The van der Waals surface area contributed by atoms with Crippen LogP contribution in [0.2, 0.25) is 0 Å². The van der Waals surface area contributed by atoms with E-state index in [1.807, 2.05) is 6.07 Å². The second-order valence-corrected chi connectivity index (χ2v) is 7.88. The molecule has 0 N–H and O–H groups in total. The van der Waals surface area contributed by atoms with Crippen molar-refractivity contribution in [3.63, 3.8) is 0 Å². The molecular weight excluding hydrogens is 440 g/mol. The van der Waals surface area contributed by atoms with E-state index in [1.165, 1.54) is 25.2 Å². The number of furan rings is 1. The van der Waals surface area contributed by atoms with Gasteiger partial charge in [0, 0.05) is 11.5 Å². The van der Waals surface area contributed by atoms with E-state index >= 15 is 0 Å². The van der Waals surface area contributed by atoms with E-state index in [1.54, 1.807) is 49.4 Å². The number of carbonyl (C=O) groups is 3. The van der Waals surface area contributed by atoms with E-state index in [2.05, 4.69) is 5.16 Å². The Balaban J connectivity index is 1.66. The maximum absolute atomic E-state index is 13.6. The zero-order valence-electron chi connectivity index (χ0n) is 18.6. The zero-order valence-corrected chi connectivity index (χ0v) is 18.6. The van der Waals surface area contributed by atoms with Gasteiger partial charge in [0.1, 0.15) is 17.3 Å². The summed E-state index contributed by atoms with van der Waals surface area (Å²) in [6, 6.07) is 14.2. The molecule has 9 nitrogen and oxygen atoms in total. The molecule has 0 radical (unpaired) electrons. The van der Waals surface area contributed by atoms with Crippen LogP contribution in [0.15, 0.2) is 63.5 Å². The molecule has 1 aliphatic heterocycles. The number of fused-ring (bicyclic) bond motifs is 1. The maximum Gasteiger partial charge on any atom is 0.297 e. The van der Waals surface area contributed by atoms with Crippen molar-refractivity contribution >= 4 is 34.3 Å². The van der Waals surface area contributed by atoms with Gasteiger partial charge < -0.3 is 18.4 Å². The minimum absolute atomic E-state index is 0.00369. The van der Waals surface area contributed by atoms with E-state index in [-0.39, 0.29) is 11.6 Å². The van der Waals surface area contributed by atoms with Crippen LogP contribution in [0, 0.1) is 12.8 Å². The number of hydrogen-bond acceptors (Lipinski definition) is 8. The van der Waals surface area contributed by atoms with E-state index in [0.29, 0.717) is 33.8 Å². The first-order valence-corrected chi connectivity index (χ1v) is 10.5. The normalized spacial score (nSPS) is 18.0. The second-order valence-electron chi connectivity index (χ2n) is 7.88. The van der Waals surface area contributed by atoms with E-state index in [4.69, 9.17) is 18.4 Å². The summed E-state index contributed by atoms with van der Waals surface area (Å²) in [5, 5.41) is 4.64. The molecule has 0 aliphatic carbocycles. The summed E-state index contributed by atoms with van der Waals surface area (Å²) in [6.45, 7) is 1.67. The smallest absolute Gasteiger partial charge is 0.297 e. The van der Waals surface area contributed by atoms with Crippen LogP contribution in [-0.2, 0) is 9.59 Å². The number of para-hydroxylation sites is 1.